The maximum atomic E-state index is 12.4. The molecule has 0 aliphatic carbocycles. The molecule has 1 aromatic carbocycles. The van der Waals surface area contributed by atoms with Crippen molar-refractivity contribution in [2.75, 3.05) is 13.1 Å². The predicted molar refractivity (Wildman–Crippen MR) is 99.6 cm³/mol. The van der Waals surface area contributed by atoms with Crippen molar-refractivity contribution in [2.45, 2.75) is 58.3 Å². The van der Waals surface area contributed by atoms with Crippen LogP contribution in [0, 0.1) is 0 Å². The number of carbonyl (C=O) groups is 1. The Morgan fingerprint density at radius 2 is 2.12 bits per heavy atom. The summed E-state index contributed by atoms with van der Waals surface area (Å²) in [5.41, 5.74) is 0.130. The van der Waals surface area contributed by atoms with Crippen molar-refractivity contribution in [1.29, 1.82) is 0 Å². The van der Waals surface area contributed by atoms with E-state index in [-0.39, 0.29) is 12.2 Å². The van der Waals surface area contributed by atoms with Crippen molar-refractivity contribution in [3.63, 3.8) is 0 Å². The molecule has 134 valence electrons. The summed E-state index contributed by atoms with van der Waals surface area (Å²) >= 11 is 9.69. The molecular formula is C18H25BrClNO3. The number of ether oxygens (including phenoxy) is 2. The van der Waals surface area contributed by atoms with Gasteiger partial charge in [0.1, 0.15) is 5.60 Å². The van der Waals surface area contributed by atoms with Crippen LogP contribution < -0.4 is 0 Å². The number of halogens is 2. The zero-order valence-corrected chi connectivity index (χ0v) is 17.2. The van der Waals surface area contributed by atoms with E-state index in [0.717, 1.165) is 10.0 Å². The first kappa shape index (κ1) is 19.5. The first-order valence-corrected chi connectivity index (χ1v) is 9.22. The molecule has 24 heavy (non-hydrogen) atoms. The van der Waals surface area contributed by atoms with Gasteiger partial charge in [0, 0.05) is 10.9 Å². The minimum Gasteiger partial charge on any atom is -0.444 e. The maximum absolute atomic E-state index is 12.4. The average molecular weight is 419 g/mol. The van der Waals surface area contributed by atoms with Crippen LogP contribution in [0.1, 0.15) is 40.2 Å². The Labute approximate surface area is 157 Å². The number of amides is 1. The van der Waals surface area contributed by atoms with Gasteiger partial charge >= 0.3 is 6.09 Å². The summed E-state index contributed by atoms with van der Waals surface area (Å²) in [4.78, 5) is 14.2. The number of nitrogens with zero attached hydrogens (tertiary/aromatic N) is 1. The molecule has 1 saturated heterocycles. The lowest BCUT2D eigenvalue weighted by Crippen LogP contribution is -2.56. The molecule has 0 N–H and O–H groups in total. The van der Waals surface area contributed by atoms with Gasteiger partial charge in [0.05, 0.1) is 29.8 Å². The van der Waals surface area contributed by atoms with Crippen molar-refractivity contribution in [2.24, 2.45) is 0 Å². The number of benzene rings is 1. The van der Waals surface area contributed by atoms with Crippen LogP contribution in [-0.4, -0.2) is 41.4 Å². The Kier molecular flexibility index (Phi) is 5.88. The van der Waals surface area contributed by atoms with Gasteiger partial charge in [-0.1, -0.05) is 23.7 Å². The van der Waals surface area contributed by atoms with E-state index in [1.54, 1.807) is 4.90 Å². The third-order valence-corrected chi connectivity index (χ3v) is 5.09. The van der Waals surface area contributed by atoms with Gasteiger partial charge in [0.15, 0.2) is 0 Å². The minimum atomic E-state index is -0.509. The predicted octanol–water partition coefficient (Wildman–Crippen LogP) is 5.06. The first-order valence-electron chi connectivity index (χ1n) is 8.05. The van der Waals surface area contributed by atoms with E-state index >= 15 is 0 Å². The van der Waals surface area contributed by atoms with Crippen molar-refractivity contribution >= 4 is 33.6 Å². The highest BCUT2D eigenvalue weighted by atomic mass is 79.9. The average Bonchev–Trinajstić information content (AvgIpc) is 2.40. The molecule has 0 bridgehead atoms. The standard InChI is InChI=1S/C18H25BrClNO3/c1-17(2,3)24-16(22)21-10-13(23-18(4,5)11-21)9-12-7-6-8-14(20)15(12)19/h6-8,13H,9-11H2,1-5H3. The van der Waals surface area contributed by atoms with Crippen LogP contribution in [0.2, 0.25) is 5.02 Å². The lowest BCUT2D eigenvalue weighted by molar-refractivity contribution is -0.132. The van der Waals surface area contributed by atoms with Gasteiger partial charge in [-0.3, -0.25) is 0 Å². The van der Waals surface area contributed by atoms with Gasteiger partial charge in [0.2, 0.25) is 0 Å². The van der Waals surface area contributed by atoms with Crippen LogP contribution >= 0.6 is 27.5 Å². The van der Waals surface area contributed by atoms with Gasteiger partial charge in [-0.2, -0.15) is 0 Å². The molecule has 1 aromatic rings. The molecular weight excluding hydrogens is 394 g/mol. The third kappa shape index (κ3) is 5.36. The van der Waals surface area contributed by atoms with Crippen LogP contribution in [0.25, 0.3) is 0 Å². The van der Waals surface area contributed by atoms with Crippen LogP contribution in [0.4, 0.5) is 4.79 Å². The molecule has 4 nitrogen and oxygen atoms in total. The number of carbonyl (C=O) groups excluding carboxylic acids is 1. The highest BCUT2D eigenvalue weighted by Crippen LogP contribution is 2.30. The fourth-order valence-corrected chi connectivity index (χ4v) is 3.44. The van der Waals surface area contributed by atoms with Crippen LogP contribution in [0.3, 0.4) is 0 Å². The molecule has 0 radical (unpaired) electrons. The molecule has 2 rings (SSSR count). The normalized spacial score (nSPS) is 20.8. The topological polar surface area (TPSA) is 38.8 Å². The van der Waals surface area contributed by atoms with Crippen molar-refractivity contribution in [1.82, 2.24) is 4.90 Å². The van der Waals surface area contributed by atoms with E-state index in [9.17, 15) is 4.79 Å². The number of hydrogen-bond donors (Lipinski definition) is 0. The summed E-state index contributed by atoms with van der Waals surface area (Å²) < 4.78 is 12.6. The molecule has 1 atom stereocenters. The number of hydrogen-bond acceptors (Lipinski definition) is 3. The lowest BCUT2D eigenvalue weighted by Gasteiger charge is -2.43. The fourth-order valence-electron chi connectivity index (χ4n) is 2.82. The molecule has 1 aliphatic rings. The van der Waals surface area contributed by atoms with Gasteiger partial charge in [-0.05, 0) is 62.2 Å². The SMILES string of the molecule is CC(C)(C)OC(=O)N1CC(Cc2cccc(Cl)c2Br)OC(C)(C)C1. The van der Waals surface area contributed by atoms with Crippen LogP contribution in [0.15, 0.2) is 22.7 Å². The summed E-state index contributed by atoms with van der Waals surface area (Å²) in [6.07, 6.45) is 0.259. The Morgan fingerprint density at radius 1 is 1.46 bits per heavy atom. The largest absolute Gasteiger partial charge is 0.444 e. The van der Waals surface area contributed by atoms with Crippen LogP contribution in [0.5, 0.6) is 0 Å². The van der Waals surface area contributed by atoms with E-state index in [4.69, 9.17) is 21.1 Å². The molecule has 0 saturated carbocycles. The van der Waals surface area contributed by atoms with E-state index in [1.807, 2.05) is 52.8 Å². The molecule has 0 spiro atoms. The summed E-state index contributed by atoms with van der Waals surface area (Å²) in [6.45, 7) is 10.6. The molecule has 6 heteroatoms. The third-order valence-electron chi connectivity index (χ3n) is 3.61. The van der Waals surface area contributed by atoms with Gasteiger partial charge in [0.25, 0.3) is 0 Å². The second-order valence-corrected chi connectivity index (χ2v) is 8.98. The second-order valence-electron chi connectivity index (χ2n) is 7.78. The summed E-state index contributed by atoms with van der Waals surface area (Å²) in [5, 5.41) is 0.673. The Bertz CT molecular complexity index is 613. The smallest absolute Gasteiger partial charge is 0.410 e. The summed E-state index contributed by atoms with van der Waals surface area (Å²) in [7, 11) is 0. The van der Waals surface area contributed by atoms with E-state index < -0.39 is 11.2 Å². The highest BCUT2D eigenvalue weighted by Gasteiger charge is 2.37. The van der Waals surface area contributed by atoms with Crippen LogP contribution in [-0.2, 0) is 15.9 Å². The molecule has 1 fully saturated rings. The molecule has 1 heterocycles. The summed E-state index contributed by atoms with van der Waals surface area (Å²) in [6, 6.07) is 5.77. The lowest BCUT2D eigenvalue weighted by atomic mass is 10.0. The van der Waals surface area contributed by atoms with E-state index in [2.05, 4.69) is 15.9 Å². The monoisotopic (exact) mass is 417 g/mol. The van der Waals surface area contributed by atoms with Gasteiger partial charge < -0.3 is 14.4 Å². The van der Waals surface area contributed by atoms with Gasteiger partial charge in [-0.15, -0.1) is 0 Å². The molecule has 0 aromatic heterocycles. The zero-order valence-electron chi connectivity index (χ0n) is 14.9. The quantitative estimate of drug-likeness (QED) is 0.674. The zero-order chi connectivity index (χ0) is 18.1. The summed E-state index contributed by atoms with van der Waals surface area (Å²) in [5.74, 6) is 0. The second kappa shape index (κ2) is 7.22. The first-order chi connectivity index (χ1) is 11.0. The van der Waals surface area contributed by atoms with E-state index in [0.29, 0.717) is 24.5 Å². The fraction of sp³-hybridized carbons (Fsp3) is 0.611. The highest BCUT2D eigenvalue weighted by molar-refractivity contribution is 9.10. The van der Waals surface area contributed by atoms with Crippen molar-refractivity contribution in [3.05, 3.63) is 33.3 Å². The Hall–Kier alpha value is -0.780. The van der Waals surface area contributed by atoms with Gasteiger partial charge in [-0.25, -0.2) is 4.79 Å². The molecule has 1 amide bonds. The van der Waals surface area contributed by atoms with E-state index in [1.165, 1.54) is 0 Å². The minimum absolute atomic E-state index is 0.115. The maximum Gasteiger partial charge on any atom is 0.410 e. The number of rotatable bonds is 2. The van der Waals surface area contributed by atoms with Crippen molar-refractivity contribution in [3.8, 4) is 0 Å². The van der Waals surface area contributed by atoms with Crippen molar-refractivity contribution < 1.29 is 14.3 Å². The molecule has 1 unspecified atom stereocenters. The Balaban J connectivity index is 2.13. The number of morpholine rings is 1. The molecule has 1 aliphatic heterocycles. The Morgan fingerprint density at radius 3 is 2.75 bits per heavy atom.